The van der Waals surface area contributed by atoms with Crippen molar-refractivity contribution in [2.24, 2.45) is 5.92 Å². The van der Waals surface area contributed by atoms with Gasteiger partial charge in [0.1, 0.15) is 5.82 Å². The van der Waals surface area contributed by atoms with E-state index < -0.39 is 0 Å². The molecule has 2 aromatic carbocycles. The molecule has 2 aliphatic heterocycles. The first kappa shape index (κ1) is 21.9. The van der Waals surface area contributed by atoms with E-state index in [1.54, 1.807) is 0 Å². The van der Waals surface area contributed by atoms with Crippen molar-refractivity contribution in [1.82, 2.24) is 14.8 Å². The van der Waals surface area contributed by atoms with Gasteiger partial charge in [0.15, 0.2) is 0 Å². The van der Waals surface area contributed by atoms with Crippen LogP contribution >= 0.6 is 15.9 Å². The molecule has 2 aliphatic rings. The highest BCUT2D eigenvalue weighted by atomic mass is 79.9. The summed E-state index contributed by atoms with van der Waals surface area (Å²) < 4.78 is 1.10. The first-order valence-corrected chi connectivity index (χ1v) is 12.8. The van der Waals surface area contributed by atoms with E-state index in [9.17, 15) is 0 Å². The van der Waals surface area contributed by atoms with Crippen molar-refractivity contribution in [2.45, 2.75) is 25.8 Å². The second kappa shape index (κ2) is 9.90. The van der Waals surface area contributed by atoms with Gasteiger partial charge in [0.25, 0.3) is 0 Å². The fourth-order valence-corrected chi connectivity index (χ4v) is 5.71. The second-order valence-corrected chi connectivity index (χ2v) is 10.3. The lowest BCUT2D eigenvalue weighted by atomic mass is 9.94. The third-order valence-corrected chi connectivity index (χ3v) is 7.72. The zero-order valence-electron chi connectivity index (χ0n) is 19.0. The molecule has 0 spiro atoms. The number of hydrogen-bond acceptors (Lipinski definition) is 4. The Morgan fingerprint density at radius 2 is 1.78 bits per heavy atom. The van der Waals surface area contributed by atoms with Gasteiger partial charge in [-0.3, -0.25) is 9.80 Å². The van der Waals surface area contributed by atoms with E-state index >= 15 is 0 Å². The number of fused-ring (bicyclic) bond motifs is 1. The Labute approximate surface area is 200 Å². The average molecular weight is 493 g/mol. The third kappa shape index (κ3) is 5.00. The largest absolute Gasteiger partial charge is 0.354 e. The molecule has 5 rings (SSSR count). The summed E-state index contributed by atoms with van der Waals surface area (Å²) >= 11 is 3.55. The van der Waals surface area contributed by atoms with Crippen molar-refractivity contribution in [2.75, 3.05) is 50.7 Å². The molecule has 0 unspecified atom stereocenters. The summed E-state index contributed by atoms with van der Waals surface area (Å²) in [6, 6.07) is 22.2. The van der Waals surface area contributed by atoms with Gasteiger partial charge in [-0.25, -0.2) is 4.98 Å². The molecule has 1 aromatic heterocycles. The number of nitrogens with zero attached hydrogens (tertiary/aromatic N) is 4. The van der Waals surface area contributed by atoms with Gasteiger partial charge in [-0.2, -0.15) is 0 Å². The highest BCUT2D eigenvalue weighted by Crippen LogP contribution is 2.28. The van der Waals surface area contributed by atoms with E-state index in [1.807, 2.05) is 0 Å². The summed E-state index contributed by atoms with van der Waals surface area (Å²) in [7, 11) is 0. The van der Waals surface area contributed by atoms with Gasteiger partial charge < -0.3 is 4.90 Å². The summed E-state index contributed by atoms with van der Waals surface area (Å²) in [6.45, 7) is 10.4. The molecule has 0 saturated carbocycles. The van der Waals surface area contributed by atoms with Crippen LogP contribution in [-0.2, 0) is 0 Å². The van der Waals surface area contributed by atoms with E-state index in [4.69, 9.17) is 4.98 Å². The first-order valence-electron chi connectivity index (χ1n) is 12.0. The van der Waals surface area contributed by atoms with Gasteiger partial charge in [-0.1, -0.05) is 46.3 Å². The molecular formula is C27H33BrN4. The molecule has 0 amide bonds. The predicted octanol–water partition coefficient (Wildman–Crippen LogP) is 5.59. The number of piperazine rings is 1. The molecule has 0 N–H and O–H groups in total. The topological polar surface area (TPSA) is 22.6 Å². The Morgan fingerprint density at radius 3 is 2.59 bits per heavy atom. The number of anilines is 1. The van der Waals surface area contributed by atoms with Gasteiger partial charge in [-0.05, 0) is 68.1 Å². The SMILES string of the molecule is C[C@H](c1ccccc1)N1CCC[C@H](CN2CCN(c3ccc4cc(Br)ccc4n3)CC2)C1. The summed E-state index contributed by atoms with van der Waals surface area (Å²) in [5, 5.41) is 1.19. The third-order valence-electron chi connectivity index (χ3n) is 7.23. The van der Waals surface area contributed by atoms with Crippen LogP contribution in [0.2, 0.25) is 0 Å². The Bertz CT molecular complexity index is 1030. The lowest BCUT2D eigenvalue weighted by Gasteiger charge is -2.41. The smallest absolute Gasteiger partial charge is 0.129 e. The highest BCUT2D eigenvalue weighted by Gasteiger charge is 2.27. The van der Waals surface area contributed by atoms with Crippen LogP contribution in [0.15, 0.2) is 65.1 Å². The standard InChI is InChI=1S/C27H33BrN4/c1-21(23-7-3-2-4-8-23)32-13-5-6-22(20-32)19-30-14-16-31(17-15-30)27-12-9-24-18-25(28)10-11-26(24)29-27/h2-4,7-12,18,21-22H,5-6,13-17,19-20H2,1H3/t21-,22-/m1/s1. The molecular weight excluding hydrogens is 460 g/mol. The molecule has 2 saturated heterocycles. The van der Waals surface area contributed by atoms with E-state index in [-0.39, 0.29) is 0 Å². The van der Waals surface area contributed by atoms with Crippen molar-refractivity contribution in [1.29, 1.82) is 0 Å². The van der Waals surface area contributed by atoms with Crippen LogP contribution in [0.1, 0.15) is 31.4 Å². The van der Waals surface area contributed by atoms with Gasteiger partial charge >= 0.3 is 0 Å². The fraction of sp³-hybridized carbons (Fsp3) is 0.444. The lowest BCUT2D eigenvalue weighted by molar-refractivity contribution is 0.102. The Kier molecular flexibility index (Phi) is 6.77. The minimum atomic E-state index is 0.510. The van der Waals surface area contributed by atoms with Crippen molar-refractivity contribution in [3.63, 3.8) is 0 Å². The lowest BCUT2D eigenvalue weighted by Crippen LogP contribution is -2.50. The van der Waals surface area contributed by atoms with E-state index in [1.165, 1.54) is 43.4 Å². The van der Waals surface area contributed by atoms with E-state index in [2.05, 4.69) is 98.2 Å². The second-order valence-electron chi connectivity index (χ2n) is 9.38. The molecule has 168 valence electrons. The number of hydrogen-bond donors (Lipinski definition) is 0. The van der Waals surface area contributed by atoms with Gasteiger partial charge in [0, 0.05) is 55.2 Å². The number of benzene rings is 2. The summed E-state index contributed by atoms with van der Waals surface area (Å²) in [5.74, 6) is 1.89. The Balaban J connectivity index is 1.15. The van der Waals surface area contributed by atoms with Gasteiger partial charge in [0.05, 0.1) is 5.52 Å². The zero-order chi connectivity index (χ0) is 21.9. The van der Waals surface area contributed by atoms with Crippen LogP contribution < -0.4 is 4.90 Å². The van der Waals surface area contributed by atoms with Crippen molar-refractivity contribution in [3.8, 4) is 0 Å². The van der Waals surface area contributed by atoms with Crippen molar-refractivity contribution < 1.29 is 0 Å². The van der Waals surface area contributed by atoms with Gasteiger partial charge in [-0.15, -0.1) is 0 Å². The van der Waals surface area contributed by atoms with Crippen LogP contribution in [0.25, 0.3) is 10.9 Å². The molecule has 2 atom stereocenters. The number of pyridine rings is 1. The fourth-order valence-electron chi connectivity index (χ4n) is 5.33. The number of likely N-dealkylation sites (tertiary alicyclic amines) is 1. The maximum Gasteiger partial charge on any atom is 0.129 e. The molecule has 0 aliphatic carbocycles. The molecule has 0 bridgehead atoms. The number of rotatable bonds is 5. The number of aromatic nitrogens is 1. The van der Waals surface area contributed by atoms with E-state index in [0.29, 0.717) is 6.04 Å². The maximum absolute atomic E-state index is 4.92. The van der Waals surface area contributed by atoms with Gasteiger partial charge in [0.2, 0.25) is 0 Å². The molecule has 3 aromatic rings. The predicted molar refractivity (Wildman–Crippen MR) is 137 cm³/mol. The summed E-state index contributed by atoms with van der Waals surface area (Å²) in [6.07, 6.45) is 2.68. The van der Waals surface area contributed by atoms with Crippen molar-refractivity contribution in [3.05, 3.63) is 70.7 Å². The maximum atomic E-state index is 4.92. The van der Waals surface area contributed by atoms with Crippen LogP contribution in [0, 0.1) is 5.92 Å². The average Bonchev–Trinajstić information content (AvgIpc) is 2.84. The first-order chi connectivity index (χ1) is 15.7. The molecule has 4 nitrogen and oxygen atoms in total. The Morgan fingerprint density at radius 1 is 0.969 bits per heavy atom. The minimum absolute atomic E-state index is 0.510. The molecule has 5 heteroatoms. The summed E-state index contributed by atoms with van der Waals surface area (Å²) in [4.78, 5) is 12.7. The molecule has 0 radical (unpaired) electrons. The zero-order valence-corrected chi connectivity index (χ0v) is 20.5. The number of piperidine rings is 1. The van der Waals surface area contributed by atoms with E-state index in [0.717, 1.165) is 47.9 Å². The van der Waals surface area contributed by atoms with Crippen LogP contribution in [0.5, 0.6) is 0 Å². The number of halogens is 1. The Hall–Kier alpha value is -1.95. The summed E-state index contributed by atoms with van der Waals surface area (Å²) in [5.41, 5.74) is 2.51. The van der Waals surface area contributed by atoms with Crippen LogP contribution in [0.3, 0.4) is 0 Å². The molecule has 3 heterocycles. The quantitative estimate of drug-likeness (QED) is 0.462. The highest BCUT2D eigenvalue weighted by molar-refractivity contribution is 9.10. The van der Waals surface area contributed by atoms with Crippen LogP contribution in [0.4, 0.5) is 5.82 Å². The minimum Gasteiger partial charge on any atom is -0.354 e. The van der Waals surface area contributed by atoms with Crippen molar-refractivity contribution >= 4 is 32.7 Å². The molecule has 2 fully saturated rings. The molecule has 32 heavy (non-hydrogen) atoms. The monoisotopic (exact) mass is 492 g/mol. The van der Waals surface area contributed by atoms with Crippen LogP contribution in [-0.4, -0.2) is 60.6 Å². The normalized spacial score (nSPS) is 21.7.